The fourth-order valence-corrected chi connectivity index (χ4v) is 2.81. The number of carbonyl (C=O) groups excluding carboxylic acids is 1. The molecule has 0 spiro atoms. The summed E-state index contributed by atoms with van der Waals surface area (Å²) in [5.41, 5.74) is 4.22. The van der Waals surface area contributed by atoms with Crippen LogP contribution in [0.5, 0.6) is 5.75 Å². The molecule has 0 bridgehead atoms. The van der Waals surface area contributed by atoms with Gasteiger partial charge in [-0.05, 0) is 35.7 Å². The molecule has 0 fully saturated rings. The molecule has 0 radical (unpaired) electrons. The molecule has 1 N–H and O–H groups in total. The van der Waals surface area contributed by atoms with Crippen molar-refractivity contribution in [2.45, 2.75) is 6.92 Å². The van der Waals surface area contributed by atoms with Gasteiger partial charge >= 0.3 is 0 Å². The number of aliphatic hydroxyl groups is 1. The molecule has 3 aromatic rings. The number of carbonyl (C=O) groups is 1. The molecule has 0 aliphatic heterocycles. The van der Waals surface area contributed by atoms with Crippen LogP contribution in [0.15, 0.2) is 72.8 Å². The lowest BCUT2D eigenvalue weighted by Gasteiger charge is -2.13. The molecule has 0 unspecified atom stereocenters. The number of benzene rings is 3. The lowest BCUT2D eigenvalue weighted by atomic mass is 9.91. The highest BCUT2D eigenvalue weighted by atomic mass is 16.5. The Hall–Kier alpha value is -2.91. The average molecular weight is 332 g/mol. The van der Waals surface area contributed by atoms with Crippen molar-refractivity contribution in [3.8, 4) is 16.9 Å². The standard InChI is InChI=1S/C22H20O3/c1-16-11-12-18(25-14-13-23)15-21(16)19-9-5-6-10-20(19)22(24)17-7-3-2-4-8-17/h2-12,15,23H,13-14H2,1H3. The Morgan fingerprint density at radius 2 is 1.64 bits per heavy atom. The first-order chi connectivity index (χ1) is 12.2. The van der Waals surface area contributed by atoms with Gasteiger partial charge in [-0.3, -0.25) is 4.79 Å². The first kappa shape index (κ1) is 16.9. The third-order valence-electron chi connectivity index (χ3n) is 4.07. The molecule has 0 aliphatic carbocycles. The lowest BCUT2D eigenvalue weighted by Crippen LogP contribution is -2.04. The fourth-order valence-electron chi connectivity index (χ4n) is 2.81. The molecule has 3 rings (SSSR count). The van der Waals surface area contributed by atoms with Crippen LogP contribution in [0, 0.1) is 6.92 Å². The van der Waals surface area contributed by atoms with Gasteiger partial charge in [0.15, 0.2) is 5.78 Å². The molecule has 0 saturated heterocycles. The second kappa shape index (κ2) is 7.77. The molecule has 3 nitrogen and oxygen atoms in total. The average Bonchev–Trinajstić information content (AvgIpc) is 2.67. The predicted octanol–water partition coefficient (Wildman–Crippen LogP) is 4.26. The molecule has 0 heterocycles. The van der Waals surface area contributed by atoms with Crippen molar-refractivity contribution in [1.29, 1.82) is 0 Å². The first-order valence-corrected chi connectivity index (χ1v) is 8.24. The molecule has 0 amide bonds. The van der Waals surface area contributed by atoms with Gasteiger partial charge in [0.05, 0.1) is 6.61 Å². The second-order valence-corrected chi connectivity index (χ2v) is 5.79. The number of hydrogen-bond donors (Lipinski definition) is 1. The molecule has 0 aromatic heterocycles. The normalized spacial score (nSPS) is 10.5. The van der Waals surface area contributed by atoms with Crippen LogP contribution < -0.4 is 4.74 Å². The minimum Gasteiger partial charge on any atom is -0.491 e. The highest BCUT2D eigenvalue weighted by molar-refractivity contribution is 6.13. The quantitative estimate of drug-likeness (QED) is 0.686. The van der Waals surface area contributed by atoms with E-state index in [4.69, 9.17) is 9.84 Å². The molecule has 3 aromatic carbocycles. The van der Waals surface area contributed by atoms with E-state index in [2.05, 4.69) is 0 Å². The molecule has 126 valence electrons. The van der Waals surface area contributed by atoms with Crippen molar-refractivity contribution in [3.63, 3.8) is 0 Å². The summed E-state index contributed by atoms with van der Waals surface area (Å²) in [5.74, 6) is 0.675. The zero-order valence-electron chi connectivity index (χ0n) is 14.1. The Labute approximate surface area is 147 Å². The maximum atomic E-state index is 12.9. The number of hydrogen-bond acceptors (Lipinski definition) is 3. The lowest BCUT2D eigenvalue weighted by molar-refractivity contribution is 0.103. The van der Waals surface area contributed by atoms with Crippen LogP contribution >= 0.6 is 0 Å². The molecule has 0 saturated carbocycles. The van der Waals surface area contributed by atoms with Crippen molar-refractivity contribution >= 4 is 5.78 Å². The third kappa shape index (κ3) is 3.78. The number of ether oxygens (including phenoxy) is 1. The van der Waals surface area contributed by atoms with Gasteiger partial charge in [-0.2, -0.15) is 0 Å². The molecule has 0 aliphatic rings. The van der Waals surface area contributed by atoms with Gasteiger partial charge < -0.3 is 9.84 Å². The van der Waals surface area contributed by atoms with E-state index in [-0.39, 0.29) is 19.0 Å². The Morgan fingerprint density at radius 3 is 2.40 bits per heavy atom. The smallest absolute Gasteiger partial charge is 0.193 e. The van der Waals surface area contributed by atoms with E-state index in [1.165, 1.54) is 0 Å². The van der Waals surface area contributed by atoms with Gasteiger partial charge in [0.2, 0.25) is 0 Å². The Bertz CT molecular complexity index is 869. The van der Waals surface area contributed by atoms with Crippen LogP contribution in [0.2, 0.25) is 0 Å². The zero-order valence-corrected chi connectivity index (χ0v) is 14.1. The van der Waals surface area contributed by atoms with Crippen LogP contribution in [0.1, 0.15) is 21.5 Å². The molecule has 0 atom stereocenters. The van der Waals surface area contributed by atoms with E-state index in [1.54, 1.807) is 0 Å². The number of aryl methyl sites for hydroxylation is 1. The number of ketones is 1. The summed E-state index contributed by atoms with van der Waals surface area (Å²) in [6.07, 6.45) is 0. The minimum atomic E-state index is -0.0354. The molecule has 3 heteroatoms. The van der Waals surface area contributed by atoms with E-state index in [0.29, 0.717) is 16.9 Å². The highest BCUT2D eigenvalue weighted by Gasteiger charge is 2.16. The summed E-state index contributed by atoms with van der Waals surface area (Å²) >= 11 is 0. The largest absolute Gasteiger partial charge is 0.491 e. The van der Waals surface area contributed by atoms with Gasteiger partial charge in [-0.1, -0.05) is 60.7 Å². The Balaban J connectivity index is 2.06. The van der Waals surface area contributed by atoms with E-state index < -0.39 is 0 Å². The first-order valence-electron chi connectivity index (χ1n) is 8.24. The minimum absolute atomic E-state index is 0.00252. The fraction of sp³-hybridized carbons (Fsp3) is 0.136. The highest BCUT2D eigenvalue weighted by Crippen LogP contribution is 2.31. The van der Waals surface area contributed by atoms with Crippen LogP contribution in [-0.4, -0.2) is 24.1 Å². The van der Waals surface area contributed by atoms with Gasteiger partial charge in [-0.15, -0.1) is 0 Å². The van der Waals surface area contributed by atoms with E-state index in [9.17, 15) is 4.79 Å². The van der Waals surface area contributed by atoms with Gasteiger partial charge in [-0.25, -0.2) is 0 Å². The van der Waals surface area contributed by atoms with E-state index in [1.807, 2.05) is 79.7 Å². The van der Waals surface area contributed by atoms with Crippen molar-refractivity contribution in [1.82, 2.24) is 0 Å². The maximum absolute atomic E-state index is 12.9. The summed E-state index contributed by atoms with van der Waals surface area (Å²) in [6, 6.07) is 22.6. The summed E-state index contributed by atoms with van der Waals surface area (Å²) in [4.78, 5) is 12.9. The number of aliphatic hydroxyl groups excluding tert-OH is 1. The van der Waals surface area contributed by atoms with Crippen LogP contribution in [-0.2, 0) is 0 Å². The van der Waals surface area contributed by atoms with E-state index >= 15 is 0 Å². The van der Waals surface area contributed by atoms with Crippen LogP contribution in [0.3, 0.4) is 0 Å². The summed E-state index contributed by atoms with van der Waals surface area (Å²) < 4.78 is 5.52. The van der Waals surface area contributed by atoms with Crippen molar-refractivity contribution in [2.75, 3.05) is 13.2 Å². The van der Waals surface area contributed by atoms with Crippen LogP contribution in [0.4, 0.5) is 0 Å². The summed E-state index contributed by atoms with van der Waals surface area (Å²) in [5, 5.41) is 8.94. The monoisotopic (exact) mass is 332 g/mol. The van der Waals surface area contributed by atoms with Gasteiger partial charge in [0.25, 0.3) is 0 Å². The van der Waals surface area contributed by atoms with Crippen molar-refractivity contribution in [2.24, 2.45) is 0 Å². The zero-order chi connectivity index (χ0) is 17.6. The topological polar surface area (TPSA) is 46.5 Å². The molecular weight excluding hydrogens is 312 g/mol. The SMILES string of the molecule is Cc1ccc(OCCO)cc1-c1ccccc1C(=O)c1ccccc1. The predicted molar refractivity (Wildman–Crippen MR) is 99.1 cm³/mol. The third-order valence-corrected chi connectivity index (χ3v) is 4.07. The second-order valence-electron chi connectivity index (χ2n) is 5.79. The summed E-state index contributed by atoms with van der Waals surface area (Å²) in [7, 11) is 0. The van der Waals surface area contributed by atoms with Crippen molar-refractivity contribution < 1.29 is 14.6 Å². The molecule has 25 heavy (non-hydrogen) atoms. The van der Waals surface area contributed by atoms with Crippen molar-refractivity contribution in [3.05, 3.63) is 89.5 Å². The van der Waals surface area contributed by atoms with Gasteiger partial charge in [0, 0.05) is 11.1 Å². The van der Waals surface area contributed by atoms with E-state index in [0.717, 1.165) is 16.7 Å². The Morgan fingerprint density at radius 1 is 0.920 bits per heavy atom. The van der Waals surface area contributed by atoms with Gasteiger partial charge in [0.1, 0.15) is 12.4 Å². The maximum Gasteiger partial charge on any atom is 0.193 e. The molecular formula is C22H20O3. The number of rotatable bonds is 6. The van der Waals surface area contributed by atoms with Crippen LogP contribution in [0.25, 0.3) is 11.1 Å². The Kier molecular flexibility index (Phi) is 5.26. The summed E-state index contributed by atoms with van der Waals surface area (Å²) in [6.45, 7) is 2.22.